The molecule has 35 heavy (non-hydrogen) atoms. The van der Waals surface area contributed by atoms with Gasteiger partial charge in [0.1, 0.15) is 17.6 Å². The lowest BCUT2D eigenvalue weighted by atomic mass is 9.98. The van der Waals surface area contributed by atoms with Crippen LogP contribution in [0.2, 0.25) is 0 Å². The Labute approximate surface area is 197 Å². The molecule has 2 fully saturated rings. The number of pyridine rings is 1. The summed E-state index contributed by atoms with van der Waals surface area (Å²) in [4.78, 5) is 31.1. The number of nitrogens with zero attached hydrogens (tertiary/aromatic N) is 2. The quantitative estimate of drug-likeness (QED) is 0.549. The topological polar surface area (TPSA) is 62.3 Å². The second-order valence-electron chi connectivity index (χ2n) is 9.14. The summed E-state index contributed by atoms with van der Waals surface area (Å²) in [5.74, 6) is -2.44. The van der Waals surface area contributed by atoms with Gasteiger partial charge in [0.2, 0.25) is 5.91 Å². The zero-order valence-electron chi connectivity index (χ0n) is 18.7. The number of rotatable bonds is 6. The van der Waals surface area contributed by atoms with Crippen LogP contribution in [0, 0.1) is 17.7 Å². The third kappa shape index (κ3) is 5.43. The molecule has 2 amide bonds. The van der Waals surface area contributed by atoms with E-state index in [4.69, 9.17) is 0 Å². The van der Waals surface area contributed by atoms with E-state index in [2.05, 4.69) is 10.3 Å². The molecule has 0 unspecified atom stereocenters. The summed E-state index contributed by atoms with van der Waals surface area (Å²) in [5.41, 5.74) is -1.76. The van der Waals surface area contributed by atoms with Gasteiger partial charge in [-0.15, -0.1) is 0 Å². The predicted molar refractivity (Wildman–Crippen MR) is 113 cm³/mol. The highest BCUT2D eigenvalue weighted by molar-refractivity contribution is 5.98. The highest BCUT2D eigenvalue weighted by Crippen LogP contribution is 2.43. The number of nitrogens with one attached hydrogen (secondary N) is 1. The van der Waals surface area contributed by atoms with E-state index in [0.29, 0.717) is 25.3 Å². The van der Waals surface area contributed by atoms with Gasteiger partial charge in [-0.2, -0.15) is 13.2 Å². The van der Waals surface area contributed by atoms with E-state index in [-0.39, 0.29) is 29.5 Å². The highest BCUT2D eigenvalue weighted by Gasteiger charge is 2.42. The fourth-order valence-electron chi connectivity index (χ4n) is 4.47. The molecule has 4 rings (SSSR count). The Kier molecular flexibility index (Phi) is 6.79. The molecule has 1 N–H and O–H groups in total. The maximum absolute atomic E-state index is 14.7. The minimum Gasteiger partial charge on any atom is -0.347 e. The number of likely N-dealkylation sites (tertiary alicyclic amines) is 1. The summed E-state index contributed by atoms with van der Waals surface area (Å²) in [6.07, 6.45) is -4.82. The molecule has 5 nitrogen and oxygen atoms in total. The Morgan fingerprint density at radius 3 is 2.46 bits per heavy atom. The molecule has 1 aliphatic heterocycles. The van der Waals surface area contributed by atoms with Gasteiger partial charge < -0.3 is 10.2 Å². The van der Waals surface area contributed by atoms with E-state index in [1.54, 1.807) is 0 Å². The van der Waals surface area contributed by atoms with Crippen molar-refractivity contribution in [3.63, 3.8) is 0 Å². The van der Waals surface area contributed by atoms with Crippen LogP contribution >= 0.6 is 0 Å². The number of benzene rings is 1. The molecule has 2 heterocycles. The second-order valence-corrected chi connectivity index (χ2v) is 9.14. The largest absolute Gasteiger partial charge is 0.416 e. The average Bonchev–Trinajstić information content (AvgIpc) is 3.57. The normalized spacial score (nSPS) is 21.3. The molecule has 2 aliphatic rings. The van der Waals surface area contributed by atoms with Crippen LogP contribution in [0.15, 0.2) is 36.5 Å². The van der Waals surface area contributed by atoms with Crippen molar-refractivity contribution in [1.29, 1.82) is 0 Å². The molecule has 0 spiro atoms. The minimum atomic E-state index is -4.70. The molecule has 3 atom stereocenters. The van der Waals surface area contributed by atoms with Crippen molar-refractivity contribution in [3.05, 3.63) is 64.7 Å². The maximum Gasteiger partial charge on any atom is 0.416 e. The first kappa shape index (κ1) is 25.0. The van der Waals surface area contributed by atoms with Gasteiger partial charge in [0, 0.05) is 23.9 Å². The van der Waals surface area contributed by atoms with E-state index >= 15 is 0 Å². The van der Waals surface area contributed by atoms with E-state index in [1.165, 1.54) is 11.0 Å². The van der Waals surface area contributed by atoms with Crippen molar-refractivity contribution in [2.45, 2.75) is 50.9 Å². The van der Waals surface area contributed by atoms with Crippen LogP contribution in [-0.4, -0.2) is 34.3 Å². The molecule has 2 aromatic rings. The Balaban J connectivity index is 1.55. The van der Waals surface area contributed by atoms with Crippen molar-refractivity contribution in [3.8, 4) is 0 Å². The summed E-state index contributed by atoms with van der Waals surface area (Å²) in [7, 11) is 0. The minimum absolute atomic E-state index is 0.0327. The standard InChI is InChI=1S/C24H23F6N3O2/c1-12-8-19(33(11-12)23(35)14-6-7-31-18(9-14)21(26)27)22(34)32-20(13-2-3-13)16-5-4-15(10-17(16)25)24(28,29)30/h4-7,9-10,12-13,19-21H,2-3,8,11H2,1H3,(H,32,34)/t12-,19-,20-/m1/s1. The molecule has 0 radical (unpaired) electrons. The number of aromatic nitrogens is 1. The van der Waals surface area contributed by atoms with Crippen LogP contribution in [0.5, 0.6) is 0 Å². The molecule has 188 valence electrons. The van der Waals surface area contributed by atoms with Crippen molar-refractivity contribution in [2.75, 3.05) is 6.54 Å². The molecule has 1 aliphatic carbocycles. The molecule has 11 heteroatoms. The summed E-state index contributed by atoms with van der Waals surface area (Å²) >= 11 is 0. The number of carbonyl (C=O) groups is 2. The van der Waals surface area contributed by atoms with Crippen LogP contribution < -0.4 is 5.32 Å². The van der Waals surface area contributed by atoms with Gasteiger partial charge in [0.15, 0.2) is 0 Å². The van der Waals surface area contributed by atoms with Crippen molar-refractivity contribution in [2.24, 2.45) is 11.8 Å². The summed E-state index contributed by atoms with van der Waals surface area (Å²) in [6.45, 7) is 2.05. The van der Waals surface area contributed by atoms with Gasteiger partial charge in [0.05, 0.1) is 11.6 Å². The predicted octanol–water partition coefficient (Wildman–Crippen LogP) is 5.30. The van der Waals surface area contributed by atoms with Gasteiger partial charge in [0.25, 0.3) is 12.3 Å². The van der Waals surface area contributed by atoms with Crippen LogP contribution in [0.25, 0.3) is 0 Å². The van der Waals surface area contributed by atoms with Gasteiger partial charge in [-0.3, -0.25) is 14.6 Å². The first-order valence-electron chi connectivity index (χ1n) is 11.2. The van der Waals surface area contributed by atoms with Crippen LogP contribution in [0.4, 0.5) is 26.3 Å². The fraction of sp³-hybridized carbons (Fsp3) is 0.458. The lowest BCUT2D eigenvalue weighted by Gasteiger charge is -2.27. The Morgan fingerprint density at radius 1 is 1.14 bits per heavy atom. The SMILES string of the molecule is C[C@@H]1C[C@H](C(=O)N[C@@H](c2ccc(C(F)(F)F)cc2F)C2CC2)N(C(=O)c2ccnc(C(F)F)c2)C1. The van der Waals surface area contributed by atoms with Crippen molar-refractivity contribution >= 4 is 11.8 Å². The lowest BCUT2D eigenvalue weighted by molar-refractivity contribution is -0.137. The average molecular weight is 499 g/mol. The Bertz CT molecular complexity index is 1120. The molecule has 1 aromatic heterocycles. The first-order valence-corrected chi connectivity index (χ1v) is 11.2. The number of amides is 2. The number of carbonyl (C=O) groups excluding carboxylic acids is 2. The first-order chi connectivity index (χ1) is 16.5. The van der Waals surface area contributed by atoms with Gasteiger partial charge in [-0.25, -0.2) is 13.2 Å². The third-order valence-electron chi connectivity index (χ3n) is 6.38. The van der Waals surface area contributed by atoms with E-state index in [1.807, 2.05) is 6.92 Å². The summed E-state index contributed by atoms with van der Waals surface area (Å²) in [6, 6.07) is 2.71. The summed E-state index contributed by atoms with van der Waals surface area (Å²) < 4.78 is 79.5. The van der Waals surface area contributed by atoms with E-state index in [9.17, 15) is 35.9 Å². The van der Waals surface area contributed by atoms with Gasteiger partial charge in [-0.05, 0) is 55.4 Å². The van der Waals surface area contributed by atoms with Crippen molar-refractivity contribution < 1.29 is 35.9 Å². The van der Waals surface area contributed by atoms with Crippen LogP contribution in [0.1, 0.15) is 65.8 Å². The Morgan fingerprint density at radius 2 is 1.86 bits per heavy atom. The zero-order valence-corrected chi connectivity index (χ0v) is 18.7. The lowest BCUT2D eigenvalue weighted by Crippen LogP contribution is -2.47. The molecular formula is C24H23F6N3O2. The molecule has 1 aromatic carbocycles. The third-order valence-corrected chi connectivity index (χ3v) is 6.38. The molecule has 1 saturated heterocycles. The molecule has 1 saturated carbocycles. The van der Waals surface area contributed by atoms with Gasteiger partial charge >= 0.3 is 6.18 Å². The number of hydrogen-bond donors (Lipinski definition) is 1. The van der Waals surface area contributed by atoms with E-state index < -0.39 is 53.6 Å². The van der Waals surface area contributed by atoms with Crippen molar-refractivity contribution in [1.82, 2.24) is 15.2 Å². The highest BCUT2D eigenvalue weighted by atomic mass is 19.4. The molecular weight excluding hydrogens is 476 g/mol. The Hall–Kier alpha value is -3.11. The number of hydrogen-bond acceptors (Lipinski definition) is 3. The zero-order chi connectivity index (χ0) is 25.5. The van der Waals surface area contributed by atoms with E-state index in [0.717, 1.165) is 24.4 Å². The summed E-state index contributed by atoms with van der Waals surface area (Å²) in [5, 5.41) is 2.74. The van der Waals surface area contributed by atoms with Gasteiger partial charge in [-0.1, -0.05) is 13.0 Å². The maximum atomic E-state index is 14.7. The number of alkyl halides is 5. The smallest absolute Gasteiger partial charge is 0.347 e. The second kappa shape index (κ2) is 9.50. The molecule has 0 bridgehead atoms. The number of halogens is 6. The van der Waals surface area contributed by atoms with Crippen LogP contribution in [-0.2, 0) is 11.0 Å². The monoisotopic (exact) mass is 499 g/mol. The fourth-order valence-corrected chi connectivity index (χ4v) is 4.47. The van der Waals surface area contributed by atoms with Crippen LogP contribution in [0.3, 0.4) is 0 Å².